The quantitative estimate of drug-likeness (QED) is 0.485. The van der Waals surface area contributed by atoms with E-state index in [4.69, 9.17) is 0 Å². The summed E-state index contributed by atoms with van der Waals surface area (Å²) in [5.74, 6) is 2.40. The smallest absolute Gasteiger partial charge is 0.225 e. The molecule has 0 unspecified atom stereocenters. The van der Waals surface area contributed by atoms with Crippen molar-refractivity contribution in [3.05, 3.63) is 0 Å². The van der Waals surface area contributed by atoms with Crippen LogP contribution in [0.15, 0.2) is 0 Å². The zero-order chi connectivity index (χ0) is 6.72. The zero-order valence-electron chi connectivity index (χ0n) is 5.84. The van der Waals surface area contributed by atoms with Gasteiger partial charge in [-0.1, -0.05) is 0 Å². The van der Waals surface area contributed by atoms with Gasteiger partial charge in [-0.25, -0.2) is 0 Å². The summed E-state index contributed by atoms with van der Waals surface area (Å²) in [4.78, 5) is 11.0. The van der Waals surface area contributed by atoms with Gasteiger partial charge in [0.2, 0.25) is 5.91 Å². The van der Waals surface area contributed by atoms with E-state index in [1.165, 1.54) is 19.3 Å². The van der Waals surface area contributed by atoms with Crippen LogP contribution in [0.2, 0.25) is 0 Å². The fourth-order valence-electron chi connectivity index (χ4n) is 3.04. The third kappa shape index (κ3) is 0.386. The SMILES string of the molecule is O=C1N[C@@H]2[C@H]3CC[C@@H](C3)[C@H]12. The molecule has 1 aliphatic heterocycles. The third-order valence-electron chi connectivity index (χ3n) is 3.53. The molecule has 2 aliphatic carbocycles. The van der Waals surface area contributed by atoms with Crippen molar-refractivity contribution in [2.75, 3.05) is 0 Å². The van der Waals surface area contributed by atoms with E-state index in [0.717, 1.165) is 11.8 Å². The van der Waals surface area contributed by atoms with Crippen molar-refractivity contribution in [3.63, 3.8) is 0 Å². The van der Waals surface area contributed by atoms with Crippen molar-refractivity contribution in [2.45, 2.75) is 25.3 Å². The number of nitrogens with one attached hydrogen (secondary N) is 1. The van der Waals surface area contributed by atoms with Crippen LogP contribution in [0, 0.1) is 17.8 Å². The van der Waals surface area contributed by atoms with Crippen LogP contribution in [0.4, 0.5) is 0 Å². The fourth-order valence-corrected chi connectivity index (χ4v) is 3.04. The van der Waals surface area contributed by atoms with Crippen LogP contribution >= 0.6 is 0 Å². The number of β-lactam (4-membered cyclic amide) rings is 1. The van der Waals surface area contributed by atoms with E-state index in [0.29, 0.717) is 17.9 Å². The molecule has 1 saturated heterocycles. The topological polar surface area (TPSA) is 29.1 Å². The van der Waals surface area contributed by atoms with E-state index >= 15 is 0 Å². The first-order valence-electron chi connectivity index (χ1n) is 4.16. The lowest BCUT2D eigenvalue weighted by atomic mass is 9.78. The molecule has 0 aromatic heterocycles. The van der Waals surface area contributed by atoms with Crippen molar-refractivity contribution < 1.29 is 4.79 Å². The molecule has 3 fully saturated rings. The molecular formula is C8H11NO. The number of amides is 1. The summed E-state index contributed by atoms with van der Waals surface area (Å²) in [6, 6.07) is 0.603. The minimum Gasteiger partial charge on any atom is -0.352 e. The lowest BCUT2D eigenvalue weighted by Crippen LogP contribution is -2.60. The maximum atomic E-state index is 11.0. The number of carbonyl (C=O) groups excluding carboxylic acids is 1. The average molecular weight is 137 g/mol. The Morgan fingerprint density at radius 3 is 2.70 bits per heavy atom. The Kier molecular flexibility index (Phi) is 0.715. The summed E-state index contributed by atoms with van der Waals surface area (Å²) in [7, 11) is 0. The Morgan fingerprint density at radius 1 is 1.30 bits per heavy atom. The predicted molar refractivity (Wildman–Crippen MR) is 36.3 cm³/mol. The number of hydrogen-bond donors (Lipinski definition) is 1. The lowest BCUT2D eigenvalue weighted by Gasteiger charge is -2.39. The van der Waals surface area contributed by atoms with E-state index in [2.05, 4.69) is 5.32 Å². The van der Waals surface area contributed by atoms with Gasteiger partial charge in [-0.05, 0) is 31.1 Å². The number of carbonyl (C=O) groups is 1. The third-order valence-corrected chi connectivity index (χ3v) is 3.53. The molecule has 0 aromatic carbocycles. The summed E-state index contributed by atoms with van der Waals surface area (Å²) in [6.07, 6.45) is 4.01. The first-order valence-corrected chi connectivity index (χ1v) is 4.16. The van der Waals surface area contributed by atoms with Crippen LogP contribution in [-0.4, -0.2) is 11.9 Å². The van der Waals surface area contributed by atoms with Gasteiger partial charge in [0.15, 0.2) is 0 Å². The van der Waals surface area contributed by atoms with Gasteiger partial charge in [-0.3, -0.25) is 4.79 Å². The summed E-state index contributed by atoms with van der Waals surface area (Å²) in [5.41, 5.74) is 0. The molecule has 3 aliphatic rings. The van der Waals surface area contributed by atoms with Crippen molar-refractivity contribution >= 4 is 5.91 Å². The highest BCUT2D eigenvalue weighted by atomic mass is 16.2. The highest BCUT2D eigenvalue weighted by molar-refractivity contribution is 5.87. The van der Waals surface area contributed by atoms with Gasteiger partial charge in [0.05, 0.1) is 5.92 Å². The molecular weight excluding hydrogens is 126 g/mol. The van der Waals surface area contributed by atoms with Crippen molar-refractivity contribution in [1.29, 1.82) is 0 Å². The van der Waals surface area contributed by atoms with E-state index in [1.54, 1.807) is 0 Å². The highest BCUT2D eigenvalue weighted by Gasteiger charge is 2.57. The van der Waals surface area contributed by atoms with Crippen LogP contribution in [0.1, 0.15) is 19.3 Å². The average Bonchev–Trinajstić information content (AvgIpc) is 2.40. The van der Waals surface area contributed by atoms with E-state index in [1.807, 2.05) is 0 Å². The Labute approximate surface area is 60.0 Å². The molecule has 1 amide bonds. The number of hydrogen-bond acceptors (Lipinski definition) is 1. The predicted octanol–water partition coefficient (Wildman–Crippen LogP) is 0.531. The maximum absolute atomic E-state index is 11.0. The molecule has 2 bridgehead atoms. The Morgan fingerprint density at radius 2 is 2.10 bits per heavy atom. The van der Waals surface area contributed by atoms with Crippen LogP contribution in [0.25, 0.3) is 0 Å². The Bertz CT molecular complexity index is 199. The summed E-state index contributed by atoms with van der Waals surface area (Å²) in [6.45, 7) is 0. The number of rotatable bonds is 0. The first-order chi connectivity index (χ1) is 4.86. The molecule has 2 nitrogen and oxygen atoms in total. The minimum absolute atomic E-state index is 0.331. The van der Waals surface area contributed by atoms with Gasteiger partial charge in [0.25, 0.3) is 0 Å². The first kappa shape index (κ1) is 5.16. The van der Waals surface area contributed by atoms with Gasteiger partial charge in [-0.15, -0.1) is 0 Å². The van der Waals surface area contributed by atoms with Gasteiger partial charge < -0.3 is 5.32 Å². The van der Waals surface area contributed by atoms with Gasteiger partial charge in [0, 0.05) is 6.04 Å². The largest absolute Gasteiger partial charge is 0.352 e. The van der Waals surface area contributed by atoms with Gasteiger partial charge in [0.1, 0.15) is 0 Å². The van der Waals surface area contributed by atoms with E-state index in [9.17, 15) is 4.79 Å². The molecule has 4 atom stereocenters. The molecule has 0 spiro atoms. The molecule has 3 rings (SSSR count). The molecule has 0 radical (unpaired) electrons. The minimum atomic E-state index is 0.331. The van der Waals surface area contributed by atoms with Gasteiger partial charge in [-0.2, -0.15) is 0 Å². The van der Waals surface area contributed by atoms with E-state index in [-0.39, 0.29) is 0 Å². The molecule has 0 aromatic rings. The van der Waals surface area contributed by atoms with Crippen molar-refractivity contribution in [1.82, 2.24) is 5.32 Å². The van der Waals surface area contributed by atoms with Crippen molar-refractivity contribution in [2.24, 2.45) is 17.8 Å². The van der Waals surface area contributed by atoms with E-state index < -0.39 is 0 Å². The maximum Gasteiger partial charge on any atom is 0.225 e. The second kappa shape index (κ2) is 1.39. The zero-order valence-corrected chi connectivity index (χ0v) is 5.84. The molecule has 54 valence electrons. The summed E-state index contributed by atoms with van der Waals surface area (Å²) < 4.78 is 0. The molecule has 2 heteroatoms. The van der Waals surface area contributed by atoms with Crippen molar-refractivity contribution in [3.8, 4) is 0 Å². The molecule has 2 saturated carbocycles. The number of fused-ring (bicyclic) bond motifs is 5. The second-order valence-electron chi connectivity index (χ2n) is 3.89. The molecule has 1 N–H and O–H groups in total. The molecule has 10 heavy (non-hydrogen) atoms. The van der Waals surface area contributed by atoms with Crippen LogP contribution in [0.5, 0.6) is 0 Å². The summed E-state index contributed by atoms with van der Waals surface area (Å²) >= 11 is 0. The molecule has 1 heterocycles. The summed E-state index contributed by atoms with van der Waals surface area (Å²) in [5, 5.41) is 3.00. The van der Waals surface area contributed by atoms with Crippen LogP contribution in [-0.2, 0) is 4.79 Å². The standard InChI is InChI=1S/C8H11NO/c10-8-6-4-1-2-5(3-4)7(6)9-8/h4-7H,1-3H2,(H,9,10)/t4-,5-,6-,7+/m0/s1. The van der Waals surface area contributed by atoms with Crippen LogP contribution < -0.4 is 5.32 Å². The Hall–Kier alpha value is -0.530. The fraction of sp³-hybridized carbons (Fsp3) is 0.875. The Balaban J connectivity index is 1.95. The monoisotopic (exact) mass is 137 g/mol. The lowest BCUT2D eigenvalue weighted by molar-refractivity contribution is -0.137. The van der Waals surface area contributed by atoms with Crippen LogP contribution in [0.3, 0.4) is 0 Å². The normalized spacial score (nSPS) is 55.8. The second-order valence-corrected chi connectivity index (χ2v) is 3.89. The van der Waals surface area contributed by atoms with Gasteiger partial charge >= 0.3 is 0 Å². The highest BCUT2D eigenvalue weighted by Crippen LogP contribution is 2.51.